The fourth-order valence-electron chi connectivity index (χ4n) is 2.05. The predicted octanol–water partition coefficient (Wildman–Crippen LogP) is 0.648. The molecule has 0 spiro atoms. The molecule has 100 valence electrons. The number of hydrogen-bond donors (Lipinski definition) is 0. The van der Waals surface area contributed by atoms with Gasteiger partial charge in [-0.25, -0.2) is 0 Å². The summed E-state index contributed by atoms with van der Waals surface area (Å²) in [6, 6.07) is 11.3. The number of nitro groups is 1. The number of nitrogens with zero attached hydrogens (tertiary/aromatic N) is 1. The zero-order valence-electron chi connectivity index (χ0n) is 11.1. The molecule has 0 saturated carbocycles. The van der Waals surface area contributed by atoms with Crippen LogP contribution < -0.4 is 21.2 Å². The second-order valence-corrected chi connectivity index (χ2v) is 7.40. The van der Waals surface area contributed by atoms with Crippen LogP contribution in [0.1, 0.15) is 16.7 Å². The number of rotatable bonds is 3. The fourth-order valence-corrected chi connectivity index (χ4v) is 4.55. The summed E-state index contributed by atoms with van der Waals surface area (Å²) in [6.07, 6.45) is 0. The standard InChI is InChI=1S/C15H15INO2/c1-10-8-11(2)15(12(3)9-10)16-13-4-6-14(7-5-13)17(18)19/h4-9H,1-3H3/q-1. The third-order valence-electron chi connectivity index (χ3n) is 2.82. The van der Waals surface area contributed by atoms with E-state index in [-0.39, 0.29) is 31.8 Å². The summed E-state index contributed by atoms with van der Waals surface area (Å²) in [5.74, 6) is 0. The van der Waals surface area contributed by atoms with Crippen molar-refractivity contribution in [3.05, 3.63) is 70.3 Å². The van der Waals surface area contributed by atoms with E-state index in [1.807, 2.05) is 12.1 Å². The van der Waals surface area contributed by atoms with Gasteiger partial charge in [0.05, 0.1) is 0 Å². The van der Waals surface area contributed by atoms with Gasteiger partial charge < -0.3 is 0 Å². The first-order valence-corrected chi connectivity index (χ1v) is 8.10. The minimum absolute atomic E-state index is 0.158. The van der Waals surface area contributed by atoms with E-state index in [0.717, 1.165) is 0 Å². The molecular weight excluding hydrogens is 353 g/mol. The van der Waals surface area contributed by atoms with Crippen molar-refractivity contribution in [3.63, 3.8) is 0 Å². The van der Waals surface area contributed by atoms with E-state index in [1.165, 1.54) is 23.8 Å². The van der Waals surface area contributed by atoms with Crippen LogP contribution in [-0.4, -0.2) is 4.92 Å². The van der Waals surface area contributed by atoms with Gasteiger partial charge in [0.1, 0.15) is 0 Å². The first-order chi connectivity index (χ1) is 8.97. The molecule has 0 heterocycles. The van der Waals surface area contributed by atoms with E-state index < -0.39 is 0 Å². The summed E-state index contributed by atoms with van der Waals surface area (Å²) in [6.45, 7) is 6.38. The average molecular weight is 368 g/mol. The number of nitro benzene ring substituents is 1. The molecule has 2 rings (SSSR count). The van der Waals surface area contributed by atoms with Crippen molar-refractivity contribution in [2.24, 2.45) is 0 Å². The van der Waals surface area contributed by atoms with Crippen molar-refractivity contribution in [1.29, 1.82) is 0 Å². The van der Waals surface area contributed by atoms with Gasteiger partial charge >= 0.3 is 123 Å². The molecule has 0 amide bonds. The van der Waals surface area contributed by atoms with Gasteiger partial charge in [0.25, 0.3) is 0 Å². The molecular formula is C15H15INO2-. The first kappa shape index (κ1) is 14.0. The zero-order chi connectivity index (χ0) is 14.0. The molecule has 0 fully saturated rings. The molecule has 0 radical (unpaired) electrons. The number of non-ortho nitro benzene ring substituents is 1. The van der Waals surface area contributed by atoms with Crippen LogP contribution in [0.15, 0.2) is 36.4 Å². The van der Waals surface area contributed by atoms with Gasteiger partial charge in [-0.05, 0) is 0 Å². The Hall–Kier alpha value is -1.43. The Morgan fingerprint density at radius 2 is 1.53 bits per heavy atom. The molecule has 19 heavy (non-hydrogen) atoms. The summed E-state index contributed by atoms with van der Waals surface area (Å²) >= 11 is -0.283. The van der Waals surface area contributed by atoms with E-state index in [1.54, 1.807) is 12.1 Å². The van der Waals surface area contributed by atoms with Gasteiger partial charge in [0.2, 0.25) is 0 Å². The Bertz CT molecular complexity index is 598. The summed E-state index contributed by atoms with van der Waals surface area (Å²) < 4.78 is 2.62. The Balaban J connectivity index is 2.29. The summed E-state index contributed by atoms with van der Waals surface area (Å²) in [5, 5.41) is 10.6. The first-order valence-electron chi connectivity index (χ1n) is 5.94. The van der Waals surface area contributed by atoms with Gasteiger partial charge in [0.15, 0.2) is 0 Å². The van der Waals surface area contributed by atoms with Crippen LogP contribution >= 0.6 is 0 Å². The SMILES string of the molecule is Cc1cc(C)c([I-]c2ccc([N+](=O)[O-])cc2)c(C)c1. The molecule has 0 saturated heterocycles. The van der Waals surface area contributed by atoms with E-state index in [0.29, 0.717) is 0 Å². The van der Waals surface area contributed by atoms with E-state index in [9.17, 15) is 10.1 Å². The van der Waals surface area contributed by atoms with Gasteiger partial charge in [-0.3, -0.25) is 0 Å². The van der Waals surface area contributed by atoms with E-state index in [4.69, 9.17) is 0 Å². The fraction of sp³-hybridized carbons (Fsp3) is 0.200. The Labute approximate surface area is 123 Å². The van der Waals surface area contributed by atoms with Crippen LogP contribution in [0, 0.1) is 38.0 Å². The van der Waals surface area contributed by atoms with Crippen LogP contribution in [0.3, 0.4) is 0 Å². The Kier molecular flexibility index (Phi) is 4.19. The predicted molar refractivity (Wildman–Crippen MR) is 71.1 cm³/mol. The van der Waals surface area contributed by atoms with Crippen molar-refractivity contribution in [3.8, 4) is 0 Å². The van der Waals surface area contributed by atoms with E-state index >= 15 is 0 Å². The van der Waals surface area contributed by atoms with Crippen LogP contribution in [0.4, 0.5) is 5.69 Å². The molecule has 0 aliphatic heterocycles. The molecule has 2 aromatic carbocycles. The van der Waals surface area contributed by atoms with Crippen LogP contribution in [0.5, 0.6) is 0 Å². The van der Waals surface area contributed by atoms with Gasteiger partial charge in [-0.15, -0.1) is 0 Å². The van der Waals surface area contributed by atoms with Crippen molar-refractivity contribution >= 4 is 5.69 Å². The minimum atomic E-state index is -0.357. The Morgan fingerprint density at radius 3 is 2.00 bits per heavy atom. The topological polar surface area (TPSA) is 43.1 Å². The van der Waals surface area contributed by atoms with Gasteiger partial charge in [-0.2, -0.15) is 0 Å². The monoisotopic (exact) mass is 368 g/mol. The van der Waals surface area contributed by atoms with Crippen molar-refractivity contribution in [1.82, 2.24) is 0 Å². The molecule has 0 aromatic heterocycles. The van der Waals surface area contributed by atoms with Crippen LogP contribution in [0.25, 0.3) is 0 Å². The maximum atomic E-state index is 10.6. The second kappa shape index (κ2) is 5.69. The molecule has 0 N–H and O–H groups in total. The third-order valence-corrected chi connectivity index (χ3v) is 6.40. The molecule has 3 nitrogen and oxygen atoms in total. The molecule has 0 aliphatic rings. The zero-order valence-corrected chi connectivity index (χ0v) is 13.3. The summed E-state index contributed by atoms with van der Waals surface area (Å²) in [7, 11) is 0. The van der Waals surface area contributed by atoms with Gasteiger partial charge in [0, 0.05) is 0 Å². The second-order valence-electron chi connectivity index (χ2n) is 4.54. The summed E-state index contributed by atoms with van der Waals surface area (Å²) in [4.78, 5) is 10.3. The van der Waals surface area contributed by atoms with Crippen molar-refractivity contribution < 1.29 is 26.1 Å². The quantitative estimate of drug-likeness (QED) is 0.454. The molecule has 0 atom stereocenters. The van der Waals surface area contributed by atoms with Crippen molar-refractivity contribution in [2.75, 3.05) is 0 Å². The van der Waals surface area contributed by atoms with Gasteiger partial charge in [-0.1, -0.05) is 0 Å². The summed E-state index contributed by atoms with van der Waals surface area (Å²) in [5.41, 5.74) is 4.09. The Morgan fingerprint density at radius 1 is 1.00 bits per heavy atom. The molecule has 2 aromatic rings. The third kappa shape index (κ3) is 3.32. The molecule has 0 bridgehead atoms. The van der Waals surface area contributed by atoms with Crippen molar-refractivity contribution in [2.45, 2.75) is 20.8 Å². The number of halogens is 1. The number of aryl methyl sites for hydroxylation is 3. The molecule has 0 unspecified atom stereocenters. The number of benzene rings is 2. The van der Waals surface area contributed by atoms with Crippen LogP contribution in [-0.2, 0) is 0 Å². The molecule has 0 aliphatic carbocycles. The average Bonchev–Trinajstić information content (AvgIpc) is 2.34. The number of hydrogen-bond acceptors (Lipinski definition) is 2. The van der Waals surface area contributed by atoms with E-state index in [2.05, 4.69) is 32.9 Å². The maximum absolute atomic E-state index is 10.6. The normalized spacial score (nSPS) is 10.7. The van der Waals surface area contributed by atoms with Crippen LogP contribution in [0.2, 0.25) is 0 Å². The molecule has 4 heteroatoms.